The van der Waals surface area contributed by atoms with E-state index in [0.717, 1.165) is 5.69 Å². The monoisotopic (exact) mass is 480 g/mol. The molecule has 2 amide bonds. The first-order chi connectivity index (χ1) is 16.6. The highest BCUT2D eigenvalue weighted by Crippen LogP contribution is 2.30. The molecule has 3 rings (SSSR count). The Labute approximate surface area is 205 Å². The standard InChI is InChI=1S/C27H33FN4O3/c1-5-6-20(26(29)34)21(13-16(2)3)27(35)31-24-15-32(4)23-12-11-19(33)14-22(23)25(30-24)17-7-9-18(28)10-8-17/h5,7-12,14,16,20-21,24,33H,1,6,13,15H2,2-4H3,(H2,29,34)(H,31,35). The Balaban J connectivity index is 2.01. The summed E-state index contributed by atoms with van der Waals surface area (Å²) in [6, 6.07) is 10.9. The van der Waals surface area contributed by atoms with E-state index in [1.165, 1.54) is 12.1 Å². The van der Waals surface area contributed by atoms with Crippen LogP contribution in [0, 0.1) is 23.6 Å². The number of aromatic hydroxyl groups is 1. The lowest BCUT2D eigenvalue weighted by molar-refractivity contribution is -0.134. The number of fused-ring (bicyclic) bond motifs is 1. The minimum Gasteiger partial charge on any atom is -0.508 e. The number of aliphatic imine (C=N–C) groups is 1. The number of amides is 2. The first-order valence-corrected chi connectivity index (χ1v) is 11.7. The lowest BCUT2D eigenvalue weighted by Crippen LogP contribution is -2.47. The number of nitrogens with two attached hydrogens (primary N) is 1. The van der Waals surface area contributed by atoms with Crippen molar-refractivity contribution in [2.75, 3.05) is 18.5 Å². The van der Waals surface area contributed by atoms with Gasteiger partial charge in [-0.15, -0.1) is 6.58 Å². The molecule has 1 heterocycles. The van der Waals surface area contributed by atoms with Crippen LogP contribution in [0.2, 0.25) is 0 Å². The maximum atomic E-state index is 13.6. The predicted octanol–water partition coefficient (Wildman–Crippen LogP) is 3.60. The second kappa shape index (κ2) is 11.2. The summed E-state index contributed by atoms with van der Waals surface area (Å²) < 4.78 is 13.6. The molecule has 7 nitrogen and oxygen atoms in total. The van der Waals surface area contributed by atoms with E-state index in [1.807, 2.05) is 25.8 Å². The predicted molar refractivity (Wildman–Crippen MR) is 136 cm³/mol. The quantitative estimate of drug-likeness (QED) is 0.477. The number of hydrogen-bond acceptors (Lipinski definition) is 5. The highest BCUT2D eigenvalue weighted by molar-refractivity contribution is 6.16. The van der Waals surface area contributed by atoms with Gasteiger partial charge in [-0.2, -0.15) is 0 Å². The molecule has 4 N–H and O–H groups in total. The molecule has 0 saturated heterocycles. The number of rotatable bonds is 9. The van der Waals surface area contributed by atoms with Gasteiger partial charge in [-0.3, -0.25) is 14.6 Å². The van der Waals surface area contributed by atoms with Crippen molar-refractivity contribution in [3.05, 3.63) is 72.1 Å². The van der Waals surface area contributed by atoms with E-state index in [4.69, 9.17) is 10.7 Å². The van der Waals surface area contributed by atoms with Crippen molar-refractivity contribution in [2.24, 2.45) is 28.5 Å². The molecule has 1 aliphatic heterocycles. The van der Waals surface area contributed by atoms with E-state index in [1.54, 1.807) is 36.4 Å². The summed E-state index contributed by atoms with van der Waals surface area (Å²) in [5.74, 6) is -2.29. The van der Waals surface area contributed by atoms with E-state index >= 15 is 0 Å². The third-order valence-electron chi connectivity index (χ3n) is 6.14. The van der Waals surface area contributed by atoms with Gasteiger partial charge in [-0.25, -0.2) is 4.39 Å². The number of phenolic OH excluding ortho intramolecular Hbond substituents is 1. The van der Waals surface area contributed by atoms with Gasteiger partial charge in [0.15, 0.2) is 0 Å². The molecular formula is C27H33FN4O3. The zero-order valence-electron chi connectivity index (χ0n) is 20.4. The van der Waals surface area contributed by atoms with Crippen molar-refractivity contribution in [3.8, 4) is 5.75 Å². The molecule has 1 aliphatic rings. The van der Waals surface area contributed by atoms with Crippen LogP contribution < -0.4 is 16.0 Å². The number of nitrogens with one attached hydrogen (secondary N) is 1. The number of phenols is 1. The minimum atomic E-state index is -0.673. The molecule has 0 aliphatic carbocycles. The van der Waals surface area contributed by atoms with E-state index in [2.05, 4.69) is 11.9 Å². The van der Waals surface area contributed by atoms with Crippen molar-refractivity contribution in [3.63, 3.8) is 0 Å². The molecule has 0 fully saturated rings. The number of anilines is 1. The normalized spacial score (nSPS) is 17.1. The number of benzodiazepines with no additional fused rings is 1. The highest BCUT2D eigenvalue weighted by Gasteiger charge is 2.34. The summed E-state index contributed by atoms with van der Waals surface area (Å²) >= 11 is 0. The fraction of sp³-hybridized carbons (Fsp3) is 0.370. The van der Waals surface area contributed by atoms with E-state index in [-0.39, 0.29) is 23.4 Å². The second-order valence-electron chi connectivity index (χ2n) is 9.36. The maximum absolute atomic E-state index is 13.6. The number of benzene rings is 2. The van der Waals surface area contributed by atoms with E-state index < -0.39 is 23.9 Å². The smallest absolute Gasteiger partial charge is 0.225 e. The Morgan fingerprint density at radius 2 is 1.94 bits per heavy atom. The zero-order valence-corrected chi connectivity index (χ0v) is 20.4. The zero-order chi connectivity index (χ0) is 25.7. The third-order valence-corrected chi connectivity index (χ3v) is 6.14. The van der Waals surface area contributed by atoms with Crippen LogP contribution in [0.5, 0.6) is 5.75 Å². The number of carbonyl (C=O) groups is 2. The van der Waals surface area contributed by atoms with Gasteiger partial charge in [-0.1, -0.05) is 19.9 Å². The van der Waals surface area contributed by atoms with Crippen molar-refractivity contribution < 1.29 is 19.1 Å². The van der Waals surface area contributed by atoms with Crippen LogP contribution in [-0.2, 0) is 9.59 Å². The summed E-state index contributed by atoms with van der Waals surface area (Å²) in [4.78, 5) is 32.4. The van der Waals surface area contributed by atoms with Crippen LogP contribution in [0.25, 0.3) is 0 Å². The van der Waals surface area contributed by atoms with Gasteiger partial charge in [0.1, 0.15) is 17.7 Å². The van der Waals surface area contributed by atoms with Gasteiger partial charge < -0.3 is 21.1 Å². The number of carbonyl (C=O) groups excluding carboxylic acids is 2. The molecule has 0 saturated carbocycles. The lowest BCUT2D eigenvalue weighted by Gasteiger charge is -2.28. The van der Waals surface area contributed by atoms with Gasteiger partial charge in [0.2, 0.25) is 11.8 Å². The van der Waals surface area contributed by atoms with E-state index in [0.29, 0.717) is 36.2 Å². The number of hydrogen-bond donors (Lipinski definition) is 3. The average molecular weight is 481 g/mol. The summed E-state index contributed by atoms with van der Waals surface area (Å²) in [6.07, 6.45) is 1.73. The fourth-order valence-corrected chi connectivity index (χ4v) is 4.48. The summed E-state index contributed by atoms with van der Waals surface area (Å²) in [5.41, 5.74) is 8.28. The number of allylic oxidation sites excluding steroid dienone is 1. The summed E-state index contributed by atoms with van der Waals surface area (Å²) in [7, 11) is 1.87. The van der Waals surface area contributed by atoms with Crippen molar-refractivity contribution in [1.29, 1.82) is 0 Å². The van der Waals surface area contributed by atoms with E-state index in [9.17, 15) is 19.1 Å². The van der Waals surface area contributed by atoms with Crippen LogP contribution in [0.3, 0.4) is 0 Å². The SMILES string of the molecule is C=CCC(C(N)=O)C(CC(C)C)C(=O)NC1CN(C)c2ccc(O)cc2C(c2ccc(F)cc2)=N1. The second-order valence-corrected chi connectivity index (χ2v) is 9.36. The Hall–Kier alpha value is -3.68. The number of nitrogens with zero attached hydrogens (tertiary/aromatic N) is 2. The van der Waals surface area contributed by atoms with Crippen LogP contribution >= 0.6 is 0 Å². The van der Waals surface area contributed by atoms with Gasteiger partial charge in [0.25, 0.3) is 0 Å². The topological polar surface area (TPSA) is 108 Å². The molecule has 2 aromatic rings. The summed E-state index contributed by atoms with van der Waals surface area (Å²) in [6.45, 7) is 8.03. The highest BCUT2D eigenvalue weighted by atomic mass is 19.1. The lowest BCUT2D eigenvalue weighted by atomic mass is 9.82. The van der Waals surface area contributed by atoms with Crippen LogP contribution in [0.15, 0.2) is 60.1 Å². The molecule has 0 spiro atoms. The molecule has 8 heteroatoms. The number of primary amides is 1. The Kier molecular flexibility index (Phi) is 8.27. The largest absolute Gasteiger partial charge is 0.508 e. The van der Waals surface area contributed by atoms with Crippen molar-refractivity contribution in [2.45, 2.75) is 32.9 Å². The molecule has 35 heavy (non-hydrogen) atoms. The molecular weight excluding hydrogens is 447 g/mol. The number of likely N-dealkylation sites (N-methyl/N-ethyl adjacent to an activating group) is 1. The van der Waals surface area contributed by atoms with Gasteiger partial charge in [0, 0.05) is 23.9 Å². The Morgan fingerprint density at radius 1 is 1.26 bits per heavy atom. The van der Waals surface area contributed by atoms with Crippen LogP contribution in [0.4, 0.5) is 10.1 Å². The average Bonchev–Trinajstić information content (AvgIpc) is 2.92. The van der Waals surface area contributed by atoms with Crippen LogP contribution in [0.1, 0.15) is 37.8 Å². The first kappa shape index (κ1) is 25.9. The van der Waals surface area contributed by atoms with Crippen molar-refractivity contribution in [1.82, 2.24) is 5.32 Å². The van der Waals surface area contributed by atoms with Gasteiger partial charge >= 0.3 is 0 Å². The molecule has 2 aromatic carbocycles. The Morgan fingerprint density at radius 3 is 2.54 bits per heavy atom. The van der Waals surface area contributed by atoms with Gasteiger partial charge in [0.05, 0.1) is 24.1 Å². The summed E-state index contributed by atoms with van der Waals surface area (Å²) in [5, 5.41) is 13.2. The fourth-order valence-electron chi connectivity index (χ4n) is 4.48. The van der Waals surface area contributed by atoms with Gasteiger partial charge in [-0.05, 0) is 61.2 Å². The third kappa shape index (κ3) is 6.26. The molecule has 0 bridgehead atoms. The first-order valence-electron chi connectivity index (χ1n) is 11.7. The molecule has 186 valence electrons. The van der Waals surface area contributed by atoms with Crippen LogP contribution in [-0.4, -0.2) is 42.4 Å². The number of halogens is 1. The molecule has 0 radical (unpaired) electrons. The van der Waals surface area contributed by atoms with Crippen molar-refractivity contribution >= 4 is 23.2 Å². The minimum absolute atomic E-state index is 0.0696. The maximum Gasteiger partial charge on any atom is 0.225 e. The Bertz CT molecular complexity index is 1110. The molecule has 3 unspecified atom stereocenters. The molecule has 0 aromatic heterocycles. The molecule has 3 atom stereocenters.